The standard InChI is InChI=1S/C17H15N2O4S/c20-16(18-24(22)23)13-6-3-7-14(10-13)17(21)19-9-8-12-4-1-2-5-15(12)11-19/h1-6,10,24H,8-9,11H2,(H,18,20,22,23). The van der Waals surface area contributed by atoms with E-state index >= 15 is 0 Å². The summed E-state index contributed by atoms with van der Waals surface area (Å²) in [7, 11) is -3.03. The smallest absolute Gasteiger partial charge is 0.264 e. The molecule has 0 aliphatic carbocycles. The molecule has 2 amide bonds. The largest absolute Gasteiger partial charge is 0.334 e. The Morgan fingerprint density at radius 2 is 1.88 bits per heavy atom. The fraction of sp³-hybridized carbons (Fsp3) is 0.176. The number of hydrogen-bond donors (Lipinski definition) is 2. The van der Waals surface area contributed by atoms with Gasteiger partial charge in [-0.2, -0.15) is 0 Å². The molecular formula is C17H15N2O4S. The molecule has 3 rings (SSSR count). The molecule has 1 aliphatic heterocycles. The number of thiol groups is 1. The van der Waals surface area contributed by atoms with Gasteiger partial charge in [-0.3, -0.25) is 14.3 Å². The zero-order valence-corrected chi connectivity index (χ0v) is 13.6. The van der Waals surface area contributed by atoms with Gasteiger partial charge in [0.05, 0.1) is 0 Å². The van der Waals surface area contributed by atoms with Crippen LogP contribution >= 0.6 is 0 Å². The zero-order valence-electron chi connectivity index (χ0n) is 12.7. The van der Waals surface area contributed by atoms with Crippen LogP contribution in [0.5, 0.6) is 0 Å². The van der Waals surface area contributed by atoms with Gasteiger partial charge in [0.15, 0.2) is 0 Å². The molecule has 0 saturated heterocycles. The molecule has 1 heterocycles. The minimum Gasteiger partial charge on any atom is -0.334 e. The maximum Gasteiger partial charge on any atom is 0.264 e. The van der Waals surface area contributed by atoms with E-state index in [1.165, 1.54) is 23.8 Å². The third-order valence-corrected chi connectivity index (χ3v) is 4.29. The first-order valence-electron chi connectivity index (χ1n) is 7.38. The normalized spacial score (nSPS) is 13.5. The van der Waals surface area contributed by atoms with E-state index in [4.69, 9.17) is 0 Å². The summed E-state index contributed by atoms with van der Waals surface area (Å²) in [6, 6.07) is 15.0. The second kappa shape index (κ2) is 6.84. The number of hydrogen-bond acceptors (Lipinski definition) is 4. The Labute approximate surface area is 141 Å². The van der Waals surface area contributed by atoms with E-state index in [0.29, 0.717) is 13.1 Å². The predicted octanol–water partition coefficient (Wildman–Crippen LogP) is 0.941. The second-order valence-electron chi connectivity index (χ2n) is 5.43. The number of amides is 2. The summed E-state index contributed by atoms with van der Waals surface area (Å²) in [5, 5.41) is 0. The number of fused-ring (bicyclic) bond motifs is 1. The lowest BCUT2D eigenvalue weighted by Crippen LogP contribution is -2.36. The number of nitrogens with one attached hydrogen (secondary N) is 1. The van der Waals surface area contributed by atoms with Crippen molar-refractivity contribution in [1.29, 1.82) is 0 Å². The summed E-state index contributed by atoms with van der Waals surface area (Å²) >= 11 is 0. The molecule has 0 fully saturated rings. The quantitative estimate of drug-likeness (QED) is 0.813. The molecule has 1 radical (unpaired) electrons. The summed E-state index contributed by atoms with van der Waals surface area (Å²) in [5.74, 6) is -0.996. The fourth-order valence-corrected chi connectivity index (χ4v) is 3.01. The lowest BCUT2D eigenvalue weighted by Gasteiger charge is -2.29. The summed E-state index contributed by atoms with van der Waals surface area (Å²) in [6.45, 7) is 1.10. The van der Waals surface area contributed by atoms with Crippen molar-refractivity contribution in [2.75, 3.05) is 6.54 Å². The van der Waals surface area contributed by atoms with Crippen LogP contribution in [0.15, 0.2) is 42.5 Å². The van der Waals surface area contributed by atoms with Gasteiger partial charge in [-0.1, -0.05) is 30.3 Å². The average Bonchev–Trinajstić information content (AvgIpc) is 2.60. The van der Waals surface area contributed by atoms with E-state index in [0.717, 1.165) is 12.0 Å². The van der Waals surface area contributed by atoms with Crippen molar-refractivity contribution in [3.8, 4) is 0 Å². The van der Waals surface area contributed by atoms with E-state index < -0.39 is 16.8 Å². The maximum atomic E-state index is 12.7. The molecule has 2 aromatic carbocycles. The summed E-state index contributed by atoms with van der Waals surface area (Å²) in [5.41, 5.74) is 2.68. The highest BCUT2D eigenvalue weighted by Gasteiger charge is 2.22. The minimum absolute atomic E-state index is 0.105. The Morgan fingerprint density at radius 3 is 2.62 bits per heavy atom. The molecule has 1 N–H and O–H groups in total. The average molecular weight is 343 g/mol. The van der Waals surface area contributed by atoms with Gasteiger partial charge in [-0.05, 0) is 35.7 Å². The highest BCUT2D eigenvalue weighted by Crippen LogP contribution is 2.20. The van der Waals surface area contributed by atoms with Crippen molar-refractivity contribution in [2.45, 2.75) is 13.0 Å². The molecule has 24 heavy (non-hydrogen) atoms. The molecule has 0 atom stereocenters. The van der Waals surface area contributed by atoms with Crippen molar-refractivity contribution in [3.05, 3.63) is 70.8 Å². The molecule has 0 aromatic heterocycles. The highest BCUT2D eigenvalue weighted by atomic mass is 32.2. The number of rotatable bonds is 3. The Morgan fingerprint density at radius 1 is 1.12 bits per heavy atom. The number of benzene rings is 2. The number of carbonyl (C=O) groups is 2. The molecule has 0 spiro atoms. The van der Waals surface area contributed by atoms with Crippen LogP contribution < -0.4 is 4.72 Å². The van der Waals surface area contributed by atoms with Gasteiger partial charge >= 0.3 is 0 Å². The SMILES string of the molecule is O=C(N[SH](=O)=O)c1cc[c]c(C(=O)N2CCc3ccccc3C2)c1. The summed E-state index contributed by atoms with van der Waals surface area (Å²) < 4.78 is 23.0. The van der Waals surface area contributed by atoms with Crippen molar-refractivity contribution in [1.82, 2.24) is 9.62 Å². The molecule has 1 aliphatic rings. The maximum absolute atomic E-state index is 12.7. The van der Waals surface area contributed by atoms with Gasteiger partial charge in [0.1, 0.15) is 0 Å². The molecular weight excluding hydrogens is 328 g/mol. The van der Waals surface area contributed by atoms with Gasteiger partial charge < -0.3 is 4.90 Å². The van der Waals surface area contributed by atoms with Gasteiger partial charge in [-0.15, -0.1) is 0 Å². The van der Waals surface area contributed by atoms with Crippen molar-refractivity contribution >= 4 is 22.7 Å². The van der Waals surface area contributed by atoms with Crippen molar-refractivity contribution < 1.29 is 18.0 Å². The lowest BCUT2D eigenvalue weighted by molar-refractivity contribution is 0.0734. The van der Waals surface area contributed by atoms with E-state index in [1.54, 1.807) is 9.62 Å². The van der Waals surface area contributed by atoms with Crippen molar-refractivity contribution in [2.24, 2.45) is 0 Å². The Bertz CT molecular complexity index is 868. The van der Waals surface area contributed by atoms with E-state index in [2.05, 4.69) is 12.1 Å². The van der Waals surface area contributed by atoms with Crippen LogP contribution in [0.1, 0.15) is 31.8 Å². The second-order valence-corrected chi connectivity index (χ2v) is 6.17. The number of carbonyl (C=O) groups excluding carboxylic acids is 2. The monoisotopic (exact) mass is 343 g/mol. The first-order valence-corrected chi connectivity index (χ1v) is 8.55. The highest BCUT2D eigenvalue weighted by molar-refractivity contribution is 7.71. The molecule has 123 valence electrons. The van der Waals surface area contributed by atoms with Gasteiger partial charge in [-0.25, -0.2) is 8.42 Å². The third-order valence-electron chi connectivity index (χ3n) is 3.90. The first kappa shape index (κ1) is 16.2. The predicted molar refractivity (Wildman–Crippen MR) is 87.9 cm³/mol. The van der Waals surface area contributed by atoms with Crippen LogP contribution in [0, 0.1) is 6.07 Å². The van der Waals surface area contributed by atoms with Crippen LogP contribution in [-0.4, -0.2) is 31.7 Å². The Hall–Kier alpha value is -2.67. The minimum atomic E-state index is -3.03. The third kappa shape index (κ3) is 3.46. The molecule has 7 heteroatoms. The van der Waals surface area contributed by atoms with Crippen LogP contribution in [-0.2, 0) is 23.9 Å². The topological polar surface area (TPSA) is 83.5 Å². The van der Waals surface area contributed by atoms with Crippen molar-refractivity contribution in [3.63, 3.8) is 0 Å². The van der Waals surface area contributed by atoms with Gasteiger partial charge in [0, 0.05) is 24.2 Å². The molecule has 2 aromatic rings. The molecule has 0 bridgehead atoms. The summed E-state index contributed by atoms with van der Waals surface area (Å²) in [4.78, 5) is 26.1. The van der Waals surface area contributed by atoms with Crippen LogP contribution in [0.2, 0.25) is 0 Å². The summed E-state index contributed by atoms with van der Waals surface area (Å²) in [6.07, 6.45) is 0.777. The van der Waals surface area contributed by atoms with E-state index in [1.807, 2.05) is 18.2 Å². The van der Waals surface area contributed by atoms with Crippen LogP contribution in [0.3, 0.4) is 0 Å². The van der Waals surface area contributed by atoms with Gasteiger partial charge in [0.25, 0.3) is 11.8 Å². The molecule has 0 unspecified atom stereocenters. The lowest BCUT2D eigenvalue weighted by atomic mass is 9.99. The van der Waals surface area contributed by atoms with Crippen LogP contribution in [0.4, 0.5) is 0 Å². The zero-order chi connectivity index (χ0) is 17.1. The van der Waals surface area contributed by atoms with Crippen LogP contribution in [0.25, 0.3) is 0 Å². The van der Waals surface area contributed by atoms with Gasteiger partial charge in [0.2, 0.25) is 10.9 Å². The Kier molecular flexibility index (Phi) is 4.61. The van der Waals surface area contributed by atoms with E-state index in [9.17, 15) is 18.0 Å². The van der Waals surface area contributed by atoms with E-state index in [-0.39, 0.29) is 17.0 Å². The fourth-order valence-electron chi connectivity index (χ4n) is 2.72. The Balaban J connectivity index is 1.80. The first-order chi connectivity index (χ1) is 11.5. The molecule has 0 saturated carbocycles. The molecule has 6 nitrogen and oxygen atoms in total. The number of nitrogens with zero attached hydrogens (tertiary/aromatic N) is 1.